The molecule has 1 aromatic heterocycles. The summed E-state index contributed by atoms with van der Waals surface area (Å²) in [7, 11) is 0. The normalized spacial score (nSPS) is 14.9. The molecule has 1 atom stereocenters. The van der Waals surface area contributed by atoms with Crippen molar-refractivity contribution < 1.29 is 14.3 Å². The van der Waals surface area contributed by atoms with Gasteiger partial charge >= 0.3 is 0 Å². The molecule has 3 aromatic rings. The third kappa shape index (κ3) is 3.81. The molecule has 1 aliphatic heterocycles. The average Bonchev–Trinajstić information content (AvgIpc) is 3.15. The fraction of sp³-hybridized carbons (Fsp3) is 0.143. The highest BCUT2D eigenvalue weighted by molar-refractivity contribution is 7.15. The zero-order chi connectivity index (χ0) is 20.4. The van der Waals surface area contributed by atoms with E-state index in [1.165, 1.54) is 11.3 Å². The summed E-state index contributed by atoms with van der Waals surface area (Å²) in [5, 5.41) is 15.2. The molecule has 2 amide bonds. The number of carbonyl (C=O) groups is 2. The van der Waals surface area contributed by atoms with Gasteiger partial charge in [-0.1, -0.05) is 24.3 Å². The number of amides is 2. The summed E-state index contributed by atoms with van der Waals surface area (Å²) in [6.45, 7) is 1.62. The van der Waals surface area contributed by atoms with Crippen molar-refractivity contribution in [2.75, 3.05) is 10.6 Å². The standard InChI is InChI=1S/C21H16N4O3S/c1-12-19(26)24-17-8-4-7-16(18(17)28-12)20(27)25-21-23-11-15(29-21)9-13-5-2-3-6-14(13)10-22/h2-8,11-12H,9H2,1H3,(H,24,26)(H,23,25,27). The minimum atomic E-state index is -0.678. The molecule has 0 bridgehead atoms. The fourth-order valence-electron chi connectivity index (χ4n) is 2.99. The van der Waals surface area contributed by atoms with Gasteiger partial charge in [-0.3, -0.25) is 14.9 Å². The second-order valence-electron chi connectivity index (χ2n) is 6.46. The van der Waals surface area contributed by atoms with Crippen molar-refractivity contribution in [1.29, 1.82) is 5.26 Å². The first-order valence-corrected chi connectivity index (χ1v) is 9.71. The lowest BCUT2D eigenvalue weighted by atomic mass is 10.1. The van der Waals surface area contributed by atoms with E-state index in [1.54, 1.807) is 37.4 Å². The van der Waals surface area contributed by atoms with Crippen LogP contribution in [0.25, 0.3) is 0 Å². The fourth-order valence-corrected chi connectivity index (χ4v) is 3.82. The van der Waals surface area contributed by atoms with Gasteiger partial charge in [0.05, 0.1) is 22.9 Å². The maximum Gasteiger partial charge on any atom is 0.265 e. The smallest absolute Gasteiger partial charge is 0.265 e. The number of ether oxygens (including phenoxy) is 1. The molecule has 2 aromatic carbocycles. The average molecular weight is 404 g/mol. The van der Waals surface area contributed by atoms with E-state index in [9.17, 15) is 14.9 Å². The lowest BCUT2D eigenvalue weighted by Gasteiger charge is -2.24. The van der Waals surface area contributed by atoms with Crippen molar-refractivity contribution in [1.82, 2.24) is 4.98 Å². The van der Waals surface area contributed by atoms with Gasteiger partial charge in [0.25, 0.3) is 11.8 Å². The molecule has 1 unspecified atom stereocenters. The van der Waals surface area contributed by atoms with Gasteiger partial charge in [-0.2, -0.15) is 5.26 Å². The predicted molar refractivity (Wildman–Crippen MR) is 109 cm³/mol. The number of nitriles is 1. The lowest BCUT2D eigenvalue weighted by Crippen LogP contribution is -2.35. The van der Waals surface area contributed by atoms with Gasteiger partial charge in [-0.05, 0) is 30.7 Å². The minimum absolute atomic E-state index is 0.253. The summed E-state index contributed by atoms with van der Waals surface area (Å²) in [6, 6.07) is 14.6. The van der Waals surface area contributed by atoms with Crippen LogP contribution in [-0.4, -0.2) is 22.9 Å². The Morgan fingerprint density at radius 1 is 1.31 bits per heavy atom. The number of hydrogen-bond donors (Lipinski definition) is 2. The number of anilines is 2. The molecular weight excluding hydrogens is 388 g/mol. The summed E-state index contributed by atoms with van der Waals surface area (Å²) in [4.78, 5) is 29.7. The third-order valence-electron chi connectivity index (χ3n) is 4.46. The van der Waals surface area contributed by atoms with Gasteiger partial charge < -0.3 is 10.1 Å². The molecule has 8 heteroatoms. The first-order valence-electron chi connectivity index (χ1n) is 8.89. The second kappa shape index (κ2) is 7.73. The van der Waals surface area contributed by atoms with Crippen molar-refractivity contribution in [2.24, 2.45) is 0 Å². The molecule has 0 aliphatic carbocycles. The highest BCUT2D eigenvalue weighted by atomic mass is 32.1. The van der Waals surface area contributed by atoms with Crippen molar-refractivity contribution in [3.8, 4) is 11.8 Å². The van der Waals surface area contributed by atoms with Crippen LogP contribution in [0.3, 0.4) is 0 Å². The van der Waals surface area contributed by atoms with Gasteiger partial charge in [-0.15, -0.1) is 11.3 Å². The van der Waals surface area contributed by atoms with Crippen LogP contribution < -0.4 is 15.4 Å². The van der Waals surface area contributed by atoms with Crippen molar-refractivity contribution in [2.45, 2.75) is 19.4 Å². The Morgan fingerprint density at radius 2 is 2.14 bits per heavy atom. The van der Waals surface area contributed by atoms with Gasteiger partial charge in [0, 0.05) is 17.5 Å². The lowest BCUT2D eigenvalue weighted by molar-refractivity contribution is -0.122. The van der Waals surface area contributed by atoms with Crippen molar-refractivity contribution in [3.05, 3.63) is 70.2 Å². The summed E-state index contributed by atoms with van der Waals surface area (Å²) in [6.07, 6.45) is 1.57. The van der Waals surface area contributed by atoms with E-state index in [0.29, 0.717) is 34.1 Å². The maximum absolute atomic E-state index is 12.8. The quantitative estimate of drug-likeness (QED) is 0.692. The molecule has 2 N–H and O–H groups in total. The molecule has 7 nitrogen and oxygen atoms in total. The molecule has 0 saturated carbocycles. The van der Waals surface area contributed by atoms with Crippen LogP contribution in [0.15, 0.2) is 48.7 Å². The molecule has 0 saturated heterocycles. The molecule has 144 valence electrons. The molecule has 29 heavy (non-hydrogen) atoms. The maximum atomic E-state index is 12.8. The molecular formula is C21H16N4O3S. The number of carbonyl (C=O) groups excluding carboxylic acids is 2. The van der Waals surface area contributed by atoms with Crippen LogP contribution in [0.2, 0.25) is 0 Å². The number of thiazole rings is 1. The highest BCUT2D eigenvalue weighted by Gasteiger charge is 2.27. The van der Waals surface area contributed by atoms with Crippen LogP contribution in [0.5, 0.6) is 5.75 Å². The SMILES string of the molecule is CC1Oc2c(cccc2C(=O)Nc2ncc(Cc3ccccc3C#N)s2)NC1=O. The highest BCUT2D eigenvalue weighted by Crippen LogP contribution is 2.34. The van der Waals surface area contributed by atoms with Gasteiger partial charge in [-0.25, -0.2) is 4.98 Å². The van der Waals surface area contributed by atoms with Gasteiger partial charge in [0.2, 0.25) is 0 Å². The number of aromatic nitrogens is 1. The number of para-hydroxylation sites is 1. The van der Waals surface area contributed by atoms with E-state index in [4.69, 9.17) is 4.74 Å². The van der Waals surface area contributed by atoms with E-state index in [-0.39, 0.29) is 11.8 Å². The Kier molecular flexibility index (Phi) is 4.97. The van der Waals surface area contributed by atoms with Crippen molar-refractivity contribution in [3.63, 3.8) is 0 Å². The minimum Gasteiger partial charge on any atom is -0.478 e. The van der Waals surface area contributed by atoms with E-state index in [1.807, 2.05) is 18.2 Å². The van der Waals surface area contributed by atoms with Crippen LogP contribution in [0.4, 0.5) is 10.8 Å². The Morgan fingerprint density at radius 3 is 2.97 bits per heavy atom. The van der Waals surface area contributed by atoms with Gasteiger partial charge in [0.1, 0.15) is 0 Å². The summed E-state index contributed by atoms with van der Waals surface area (Å²) in [5.74, 6) is -0.280. The Labute approximate surface area is 171 Å². The van der Waals surface area contributed by atoms with Crippen molar-refractivity contribution >= 4 is 34.0 Å². The van der Waals surface area contributed by atoms with E-state index >= 15 is 0 Å². The predicted octanol–water partition coefficient (Wildman–Crippen LogP) is 3.58. The zero-order valence-electron chi connectivity index (χ0n) is 15.4. The molecule has 2 heterocycles. The Balaban J connectivity index is 1.52. The molecule has 0 fully saturated rings. The van der Waals surface area contributed by atoms with Crippen LogP contribution >= 0.6 is 11.3 Å². The number of hydrogen-bond acceptors (Lipinski definition) is 6. The molecule has 4 rings (SSSR count). The van der Waals surface area contributed by atoms with Gasteiger partial charge in [0.15, 0.2) is 17.0 Å². The third-order valence-corrected chi connectivity index (χ3v) is 5.37. The number of fused-ring (bicyclic) bond motifs is 1. The topological polar surface area (TPSA) is 104 Å². The van der Waals surface area contributed by atoms with E-state index < -0.39 is 6.10 Å². The summed E-state index contributed by atoms with van der Waals surface area (Å²) >= 11 is 1.35. The molecule has 1 aliphatic rings. The number of nitrogens with one attached hydrogen (secondary N) is 2. The second-order valence-corrected chi connectivity index (χ2v) is 7.58. The van der Waals surface area contributed by atoms with E-state index in [0.717, 1.165) is 10.4 Å². The first-order chi connectivity index (χ1) is 14.0. The molecule has 0 spiro atoms. The van der Waals surface area contributed by atoms with E-state index in [2.05, 4.69) is 21.7 Å². The zero-order valence-corrected chi connectivity index (χ0v) is 16.2. The summed E-state index contributed by atoms with van der Waals surface area (Å²) < 4.78 is 5.62. The van der Waals surface area contributed by atoms with Crippen LogP contribution in [0.1, 0.15) is 33.3 Å². The Bertz CT molecular complexity index is 1150. The first kappa shape index (κ1) is 18.7. The largest absolute Gasteiger partial charge is 0.478 e. The number of rotatable bonds is 4. The Hall–Kier alpha value is -3.70. The van der Waals surface area contributed by atoms with Crippen LogP contribution in [-0.2, 0) is 11.2 Å². The molecule has 0 radical (unpaired) electrons. The number of nitrogens with zero attached hydrogens (tertiary/aromatic N) is 2. The monoisotopic (exact) mass is 404 g/mol. The summed E-state index contributed by atoms with van der Waals surface area (Å²) in [5.41, 5.74) is 2.32. The van der Waals surface area contributed by atoms with Crippen LogP contribution in [0, 0.1) is 11.3 Å². The number of benzene rings is 2.